The van der Waals surface area contributed by atoms with E-state index >= 15 is 0 Å². The van der Waals surface area contributed by atoms with Crippen molar-refractivity contribution in [3.8, 4) is 0 Å². The lowest BCUT2D eigenvalue weighted by molar-refractivity contribution is -0.141. The van der Waals surface area contributed by atoms with E-state index in [4.69, 9.17) is 33.9 Å². The molecule has 2 aliphatic rings. The van der Waals surface area contributed by atoms with Crippen molar-refractivity contribution in [3.63, 3.8) is 0 Å². The highest BCUT2D eigenvalue weighted by Crippen LogP contribution is 2.47. The summed E-state index contributed by atoms with van der Waals surface area (Å²) in [4.78, 5) is 46.1. The average molecular weight is 599 g/mol. The van der Waals surface area contributed by atoms with Crippen LogP contribution in [0.3, 0.4) is 0 Å². The second-order valence-corrected chi connectivity index (χ2v) is 12.2. The number of sulfonamides is 1. The monoisotopic (exact) mass is 597 g/mol. The Morgan fingerprint density at radius 1 is 1.10 bits per heavy atom. The van der Waals surface area contributed by atoms with E-state index in [9.17, 15) is 22.8 Å². The minimum atomic E-state index is -3.60. The van der Waals surface area contributed by atoms with Gasteiger partial charge in [-0.25, -0.2) is 24.5 Å². The number of benzene rings is 2. The first-order valence-electron chi connectivity index (χ1n) is 12.3. The number of nitrogens with one attached hydrogen (secondary N) is 3. The number of halogens is 2. The maximum Gasteiger partial charge on any atom is 0.262 e. The molecule has 4 atom stereocenters. The zero-order valence-corrected chi connectivity index (χ0v) is 23.4. The number of hydrazine groups is 1. The lowest BCUT2D eigenvalue weighted by Crippen LogP contribution is -2.59. The molecule has 5 N–H and O–H groups in total. The van der Waals surface area contributed by atoms with Crippen LogP contribution in [0.1, 0.15) is 59.1 Å². The molecule has 1 aliphatic heterocycles. The fourth-order valence-electron chi connectivity index (χ4n) is 5.41. The molecule has 11 nitrogen and oxygen atoms in total. The molecule has 0 spiro atoms. The summed E-state index contributed by atoms with van der Waals surface area (Å²) in [6.07, 6.45) is 3.62. The number of hydrogen-bond acceptors (Lipinski definition) is 7. The highest BCUT2D eigenvalue weighted by atomic mass is 35.5. The molecule has 1 aliphatic carbocycles. The van der Waals surface area contributed by atoms with Gasteiger partial charge in [-0.2, -0.15) is 0 Å². The SMILES string of the molecule is CS(=O)(=O)NC1CCCCC1N1C(=O)c2ccccc2C(C(=O)NOCC(=O)NN)C1c1ccc(Cl)cc1Cl. The molecule has 1 saturated carbocycles. The van der Waals surface area contributed by atoms with Crippen molar-refractivity contribution in [2.75, 3.05) is 12.9 Å². The van der Waals surface area contributed by atoms with Crippen LogP contribution in [0.25, 0.3) is 0 Å². The Morgan fingerprint density at radius 3 is 2.51 bits per heavy atom. The Kier molecular flexibility index (Phi) is 9.14. The largest absolute Gasteiger partial charge is 0.326 e. The van der Waals surface area contributed by atoms with Gasteiger partial charge in [0.25, 0.3) is 17.7 Å². The van der Waals surface area contributed by atoms with Gasteiger partial charge in [-0.05, 0) is 42.2 Å². The molecule has 210 valence electrons. The first kappa shape index (κ1) is 29.2. The molecular weight excluding hydrogens is 569 g/mol. The number of amides is 3. The van der Waals surface area contributed by atoms with Crippen LogP contribution in [-0.4, -0.2) is 56.0 Å². The van der Waals surface area contributed by atoms with Gasteiger partial charge in [0.05, 0.1) is 18.2 Å². The number of rotatable bonds is 8. The lowest BCUT2D eigenvalue weighted by atomic mass is 9.76. The van der Waals surface area contributed by atoms with Crippen LogP contribution in [0.2, 0.25) is 10.0 Å². The molecule has 0 saturated heterocycles. The second kappa shape index (κ2) is 12.2. The van der Waals surface area contributed by atoms with Crippen molar-refractivity contribution in [2.45, 2.75) is 49.7 Å². The molecule has 39 heavy (non-hydrogen) atoms. The van der Waals surface area contributed by atoms with Gasteiger partial charge in [-0.3, -0.25) is 24.6 Å². The van der Waals surface area contributed by atoms with Crippen molar-refractivity contribution >= 4 is 50.9 Å². The number of nitrogens with two attached hydrogens (primary N) is 1. The molecular formula is C25H29Cl2N5O6S. The summed E-state index contributed by atoms with van der Waals surface area (Å²) < 4.78 is 27.2. The summed E-state index contributed by atoms with van der Waals surface area (Å²) in [7, 11) is -3.60. The van der Waals surface area contributed by atoms with E-state index in [2.05, 4.69) is 10.2 Å². The number of fused-ring (bicyclic) bond motifs is 1. The van der Waals surface area contributed by atoms with Gasteiger partial charge in [0.2, 0.25) is 10.0 Å². The predicted molar refractivity (Wildman–Crippen MR) is 145 cm³/mol. The van der Waals surface area contributed by atoms with Crippen molar-refractivity contribution in [1.29, 1.82) is 0 Å². The topological polar surface area (TPSA) is 160 Å². The quantitative estimate of drug-likeness (QED) is 0.206. The Balaban J connectivity index is 1.87. The van der Waals surface area contributed by atoms with Gasteiger partial charge in [0, 0.05) is 27.7 Å². The summed E-state index contributed by atoms with van der Waals surface area (Å²) in [6.45, 7) is -0.533. The number of carbonyl (C=O) groups excluding carboxylic acids is 3. The highest BCUT2D eigenvalue weighted by molar-refractivity contribution is 7.88. The van der Waals surface area contributed by atoms with E-state index in [-0.39, 0.29) is 10.9 Å². The standard InChI is InChI=1S/C25H29Cl2N5O6S/c1-39(36,37)31-19-8-4-5-9-20(19)32-23(17-11-10-14(26)12-18(17)27)22(24(34)30-38-13-21(33)29-28)15-6-2-3-7-16(15)25(32)35/h2-3,6-7,10-12,19-20,22-23,31H,4-5,8-9,13,28H2,1H3,(H,29,33)(H,30,34). The minimum absolute atomic E-state index is 0.231. The van der Waals surface area contributed by atoms with Crippen molar-refractivity contribution < 1.29 is 27.6 Å². The average Bonchev–Trinajstić information content (AvgIpc) is 2.88. The molecule has 2 aromatic carbocycles. The predicted octanol–water partition coefficient (Wildman–Crippen LogP) is 2.17. The second-order valence-electron chi connectivity index (χ2n) is 9.56. The molecule has 4 rings (SSSR count). The van der Waals surface area contributed by atoms with Crippen LogP contribution < -0.4 is 21.5 Å². The Hall–Kier alpha value is -2.74. The maximum atomic E-state index is 14.1. The van der Waals surface area contributed by atoms with Gasteiger partial charge >= 0.3 is 0 Å². The molecule has 14 heteroatoms. The number of carbonyl (C=O) groups is 3. The zero-order chi connectivity index (χ0) is 28.3. The lowest BCUT2D eigenvalue weighted by Gasteiger charge is -2.49. The van der Waals surface area contributed by atoms with E-state index in [0.29, 0.717) is 34.6 Å². The third kappa shape index (κ3) is 6.53. The summed E-state index contributed by atoms with van der Waals surface area (Å²) in [5.41, 5.74) is 5.39. The van der Waals surface area contributed by atoms with Crippen molar-refractivity contribution in [3.05, 3.63) is 69.2 Å². The molecule has 1 heterocycles. The van der Waals surface area contributed by atoms with E-state index < -0.39 is 52.5 Å². The van der Waals surface area contributed by atoms with E-state index in [1.807, 2.05) is 5.43 Å². The normalized spacial score (nSPS) is 23.2. The van der Waals surface area contributed by atoms with Crippen LogP contribution in [-0.2, 0) is 24.4 Å². The summed E-state index contributed by atoms with van der Waals surface area (Å²) in [6, 6.07) is 9.36. The molecule has 2 aromatic rings. The molecule has 3 amide bonds. The zero-order valence-electron chi connectivity index (χ0n) is 21.0. The van der Waals surface area contributed by atoms with E-state index in [1.54, 1.807) is 41.3 Å². The summed E-state index contributed by atoms with van der Waals surface area (Å²) in [5, 5.41) is 0.596. The molecule has 0 radical (unpaired) electrons. The Labute approximate surface area is 236 Å². The Morgan fingerprint density at radius 2 is 1.82 bits per heavy atom. The van der Waals surface area contributed by atoms with Gasteiger partial charge in [0.1, 0.15) is 0 Å². The number of nitrogens with zero attached hydrogens (tertiary/aromatic N) is 1. The third-order valence-corrected chi connectivity index (χ3v) is 8.22. The van der Waals surface area contributed by atoms with Crippen LogP contribution in [0.4, 0.5) is 0 Å². The highest BCUT2D eigenvalue weighted by Gasteiger charge is 2.49. The Bertz CT molecular complexity index is 1370. The number of hydrogen-bond donors (Lipinski definition) is 4. The maximum absolute atomic E-state index is 14.1. The first-order valence-corrected chi connectivity index (χ1v) is 14.9. The van der Waals surface area contributed by atoms with Gasteiger partial charge in [0.15, 0.2) is 6.61 Å². The fraction of sp³-hybridized carbons (Fsp3) is 0.400. The smallest absolute Gasteiger partial charge is 0.262 e. The summed E-state index contributed by atoms with van der Waals surface area (Å²) >= 11 is 12.8. The molecule has 0 bridgehead atoms. The van der Waals surface area contributed by atoms with Crippen LogP contribution in [0.5, 0.6) is 0 Å². The van der Waals surface area contributed by atoms with Crippen LogP contribution >= 0.6 is 23.2 Å². The molecule has 4 unspecified atom stereocenters. The van der Waals surface area contributed by atoms with Crippen LogP contribution in [0.15, 0.2) is 42.5 Å². The van der Waals surface area contributed by atoms with Crippen molar-refractivity contribution in [1.82, 2.24) is 20.5 Å². The third-order valence-electron chi connectivity index (χ3n) is 6.93. The summed E-state index contributed by atoms with van der Waals surface area (Å²) in [5.74, 6) is 2.40. The van der Waals surface area contributed by atoms with Gasteiger partial charge < -0.3 is 4.90 Å². The molecule has 0 aromatic heterocycles. The van der Waals surface area contributed by atoms with Gasteiger partial charge in [-0.1, -0.05) is 60.3 Å². The van der Waals surface area contributed by atoms with E-state index in [1.165, 1.54) is 6.07 Å². The fourth-order valence-corrected chi connectivity index (χ4v) is 6.75. The van der Waals surface area contributed by atoms with Crippen LogP contribution in [0, 0.1) is 0 Å². The van der Waals surface area contributed by atoms with E-state index in [0.717, 1.165) is 19.1 Å². The first-order chi connectivity index (χ1) is 18.5. The minimum Gasteiger partial charge on any atom is -0.326 e. The molecule has 1 fully saturated rings. The van der Waals surface area contributed by atoms with Gasteiger partial charge in [-0.15, -0.1) is 0 Å². The number of hydroxylamine groups is 1. The van der Waals surface area contributed by atoms with Crippen molar-refractivity contribution in [2.24, 2.45) is 5.84 Å².